The maximum absolute atomic E-state index is 6.34. The fourth-order valence-corrected chi connectivity index (χ4v) is 5.77. The molecule has 2 aromatic heterocycles. The molecule has 4 rings (SSSR count). The second-order valence-electron chi connectivity index (χ2n) is 8.00. The lowest BCUT2D eigenvalue weighted by Crippen LogP contribution is -2.47. The summed E-state index contributed by atoms with van der Waals surface area (Å²) in [5, 5.41) is 5.74. The van der Waals surface area contributed by atoms with Crippen LogP contribution in [0.5, 0.6) is 5.75 Å². The second kappa shape index (κ2) is 11.0. The summed E-state index contributed by atoms with van der Waals surface area (Å²) < 4.78 is 11.8. The first-order chi connectivity index (χ1) is 13.3. The van der Waals surface area contributed by atoms with Crippen LogP contribution in [0.4, 0.5) is 0 Å². The highest BCUT2D eigenvalue weighted by Crippen LogP contribution is 2.49. The van der Waals surface area contributed by atoms with E-state index >= 15 is 0 Å². The predicted molar refractivity (Wildman–Crippen MR) is 124 cm³/mol. The van der Waals surface area contributed by atoms with Crippen LogP contribution in [0.15, 0.2) is 35.8 Å². The monoisotopic (exact) mass is 458 g/mol. The van der Waals surface area contributed by atoms with Crippen molar-refractivity contribution in [1.29, 1.82) is 0 Å². The fourth-order valence-electron chi connectivity index (χ4n) is 4.97. The maximum atomic E-state index is 6.34. The van der Waals surface area contributed by atoms with Crippen molar-refractivity contribution in [2.24, 2.45) is 0 Å². The summed E-state index contributed by atoms with van der Waals surface area (Å²) >= 11 is 1.75. The van der Waals surface area contributed by atoms with Crippen LogP contribution in [-0.2, 0) is 16.7 Å². The number of ether oxygens (including phenoxy) is 2. The molecule has 1 spiro atoms. The highest BCUT2D eigenvalue weighted by atomic mass is 35.5. The van der Waals surface area contributed by atoms with Gasteiger partial charge in [0.25, 0.3) is 0 Å². The molecule has 29 heavy (non-hydrogen) atoms. The summed E-state index contributed by atoms with van der Waals surface area (Å²) in [6.45, 7) is 2.70. The molecular formula is C22H32Cl2N2O2S. The normalized spacial score (nSPS) is 22.7. The summed E-state index contributed by atoms with van der Waals surface area (Å²) in [5.41, 5.74) is 1.46. The Morgan fingerprint density at radius 3 is 2.72 bits per heavy atom. The van der Waals surface area contributed by atoms with Gasteiger partial charge in [-0.25, -0.2) is 0 Å². The number of aromatic nitrogens is 1. The Kier molecular flexibility index (Phi) is 9.23. The first-order valence-corrected chi connectivity index (χ1v) is 11.0. The average Bonchev–Trinajstić information content (AvgIpc) is 3.35. The molecule has 1 aliphatic carbocycles. The SMILES string of the molecule is COc1ccsc1CNCC[C@@]1(c2ccccn2)CCOC2(CCCC2)C1.Cl.Cl. The molecule has 2 fully saturated rings. The second-order valence-corrected chi connectivity index (χ2v) is 9.00. The standard InChI is InChI=1S/C22H30N2O2S.2ClH/c1-25-18-7-15-27-19(18)16-23-13-10-21(20-6-2-5-12-24-20)11-14-26-22(17-21)8-3-4-9-22;;/h2,5-7,12,15,23H,3-4,8-11,13-14,16-17H2,1H3;2*1H/t21-;;/m1../s1. The van der Waals surface area contributed by atoms with Gasteiger partial charge in [-0.2, -0.15) is 0 Å². The first-order valence-electron chi connectivity index (χ1n) is 10.1. The van der Waals surface area contributed by atoms with Gasteiger partial charge in [0.15, 0.2) is 0 Å². The maximum Gasteiger partial charge on any atom is 0.134 e. The summed E-state index contributed by atoms with van der Waals surface area (Å²) in [6.07, 6.45) is 10.2. The van der Waals surface area contributed by atoms with Gasteiger partial charge in [-0.05, 0) is 62.2 Å². The lowest BCUT2D eigenvalue weighted by molar-refractivity contribution is -0.104. The zero-order valence-corrected chi connectivity index (χ0v) is 19.5. The van der Waals surface area contributed by atoms with Crippen LogP contribution in [-0.4, -0.2) is 30.8 Å². The molecule has 2 aromatic rings. The lowest BCUT2D eigenvalue weighted by Gasteiger charge is -2.46. The molecule has 3 heterocycles. The molecule has 0 radical (unpaired) electrons. The number of hydrogen-bond donors (Lipinski definition) is 1. The molecule has 162 valence electrons. The minimum atomic E-state index is 0. The molecular weight excluding hydrogens is 427 g/mol. The van der Waals surface area contributed by atoms with E-state index in [1.807, 2.05) is 18.3 Å². The van der Waals surface area contributed by atoms with E-state index in [0.29, 0.717) is 0 Å². The van der Waals surface area contributed by atoms with Crippen LogP contribution in [0.2, 0.25) is 0 Å². The number of thiophene rings is 1. The van der Waals surface area contributed by atoms with Crippen molar-refractivity contribution in [2.45, 2.75) is 62.5 Å². The van der Waals surface area contributed by atoms with E-state index in [1.165, 1.54) is 36.3 Å². The molecule has 7 heteroatoms. The summed E-state index contributed by atoms with van der Waals surface area (Å²) in [7, 11) is 1.74. The van der Waals surface area contributed by atoms with E-state index in [2.05, 4.69) is 22.8 Å². The molecule has 1 saturated carbocycles. The topological polar surface area (TPSA) is 43.4 Å². The first kappa shape index (κ1) is 24.4. The van der Waals surface area contributed by atoms with Crippen molar-refractivity contribution in [1.82, 2.24) is 10.3 Å². The summed E-state index contributed by atoms with van der Waals surface area (Å²) in [5.74, 6) is 0.989. The van der Waals surface area contributed by atoms with Crippen LogP contribution in [0.3, 0.4) is 0 Å². The molecule has 1 atom stereocenters. The largest absolute Gasteiger partial charge is 0.496 e. The summed E-state index contributed by atoms with van der Waals surface area (Å²) in [4.78, 5) is 6.05. The van der Waals surface area contributed by atoms with Crippen molar-refractivity contribution in [3.63, 3.8) is 0 Å². The minimum absolute atomic E-state index is 0. The lowest BCUT2D eigenvalue weighted by atomic mass is 9.68. The van der Waals surface area contributed by atoms with Crippen LogP contribution in [0.25, 0.3) is 0 Å². The highest BCUT2D eigenvalue weighted by molar-refractivity contribution is 7.10. The van der Waals surface area contributed by atoms with Gasteiger partial charge in [-0.3, -0.25) is 4.98 Å². The number of halogens is 2. The smallest absolute Gasteiger partial charge is 0.134 e. The predicted octanol–water partition coefficient (Wildman–Crippen LogP) is 5.54. The molecule has 1 saturated heterocycles. The Bertz CT molecular complexity index is 737. The van der Waals surface area contributed by atoms with Gasteiger partial charge >= 0.3 is 0 Å². The quantitative estimate of drug-likeness (QED) is 0.553. The number of rotatable bonds is 7. The van der Waals surface area contributed by atoms with E-state index in [1.54, 1.807) is 18.4 Å². The zero-order valence-electron chi connectivity index (χ0n) is 17.0. The third-order valence-corrected chi connectivity index (χ3v) is 7.26. The van der Waals surface area contributed by atoms with E-state index in [0.717, 1.165) is 44.7 Å². The van der Waals surface area contributed by atoms with E-state index in [4.69, 9.17) is 14.5 Å². The molecule has 4 nitrogen and oxygen atoms in total. The van der Waals surface area contributed by atoms with Gasteiger partial charge in [-0.15, -0.1) is 36.2 Å². The Balaban J connectivity index is 0.00000150. The molecule has 0 amide bonds. The number of hydrogen-bond acceptors (Lipinski definition) is 5. The molecule has 0 bridgehead atoms. The average molecular weight is 459 g/mol. The van der Waals surface area contributed by atoms with Crippen LogP contribution in [0, 0.1) is 0 Å². The third kappa shape index (κ3) is 5.45. The van der Waals surface area contributed by atoms with Gasteiger partial charge < -0.3 is 14.8 Å². The van der Waals surface area contributed by atoms with Gasteiger partial charge in [0.1, 0.15) is 5.75 Å². The Labute approximate surface area is 190 Å². The molecule has 2 aliphatic rings. The van der Waals surface area contributed by atoms with Crippen molar-refractivity contribution < 1.29 is 9.47 Å². The fraction of sp³-hybridized carbons (Fsp3) is 0.591. The summed E-state index contributed by atoms with van der Waals surface area (Å²) in [6, 6.07) is 8.41. The Hall–Kier alpha value is -0.850. The van der Waals surface area contributed by atoms with Crippen molar-refractivity contribution in [3.8, 4) is 5.75 Å². The number of nitrogens with zero attached hydrogens (tertiary/aromatic N) is 1. The Morgan fingerprint density at radius 1 is 1.17 bits per heavy atom. The van der Waals surface area contributed by atoms with Gasteiger partial charge in [0.2, 0.25) is 0 Å². The zero-order chi connectivity index (χ0) is 18.6. The van der Waals surface area contributed by atoms with E-state index < -0.39 is 0 Å². The molecule has 1 N–H and O–H groups in total. The van der Waals surface area contributed by atoms with Crippen molar-refractivity contribution >= 4 is 36.2 Å². The molecule has 0 aromatic carbocycles. The Morgan fingerprint density at radius 2 is 2.00 bits per heavy atom. The molecule has 0 unspecified atom stereocenters. The van der Waals surface area contributed by atoms with Crippen molar-refractivity contribution in [3.05, 3.63) is 46.4 Å². The molecule has 1 aliphatic heterocycles. The van der Waals surface area contributed by atoms with Crippen LogP contribution < -0.4 is 10.1 Å². The minimum Gasteiger partial charge on any atom is -0.496 e. The van der Waals surface area contributed by atoms with Crippen molar-refractivity contribution in [2.75, 3.05) is 20.3 Å². The van der Waals surface area contributed by atoms with E-state index in [9.17, 15) is 0 Å². The van der Waals surface area contributed by atoms with E-state index in [-0.39, 0.29) is 35.8 Å². The van der Waals surface area contributed by atoms with Gasteiger partial charge in [0, 0.05) is 30.5 Å². The van der Waals surface area contributed by atoms with Crippen LogP contribution in [0.1, 0.15) is 55.5 Å². The third-order valence-electron chi connectivity index (χ3n) is 6.36. The number of nitrogens with one attached hydrogen (secondary N) is 1. The number of methoxy groups -OCH3 is 1. The number of pyridine rings is 1. The van der Waals surface area contributed by atoms with Crippen LogP contribution >= 0.6 is 36.2 Å². The highest BCUT2D eigenvalue weighted by Gasteiger charge is 2.48. The van der Waals surface area contributed by atoms with Gasteiger partial charge in [-0.1, -0.05) is 18.9 Å². The van der Waals surface area contributed by atoms with Gasteiger partial charge in [0.05, 0.1) is 17.6 Å².